The fourth-order valence-corrected chi connectivity index (χ4v) is 9.83. The number of nitriles is 1. The first-order chi connectivity index (χ1) is 28.5. The minimum absolute atomic E-state index is 0.0162. The Morgan fingerprint density at radius 1 is 0.831 bits per heavy atom. The minimum Gasteiger partial charge on any atom is -0.490 e. The van der Waals surface area contributed by atoms with Crippen molar-refractivity contribution in [3.05, 3.63) is 81.3 Å². The normalized spacial score (nSPS) is 24.0. The van der Waals surface area contributed by atoms with Gasteiger partial charge < -0.3 is 19.4 Å². The number of nitrogens with zero attached hydrogens (tertiary/aromatic N) is 7. The van der Waals surface area contributed by atoms with Gasteiger partial charge in [0.05, 0.1) is 39.1 Å². The molecule has 16 heteroatoms. The van der Waals surface area contributed by atoms with Crippen LogP contribution in [0.2, 0.25) is 5.02 Å². The summed E-state index contributed by atoms with van der Waals surface area (Å²) in [6, 6.07) is 10.9. The van der Waals surface area contributed by atoms with Gasteiger partial charge >= 0.3 is 0 Å². The van der Waals surface area contributed by atoms with Crippen LogP contribution in [0.3, 0.4) is 0 Å². The van der Waals surface area contributed by atoms with Gasteiger partial charge in [-0.15, -0.1) is 0 Å². The van der Waals surface area contributed by atoms with Crippen molar-refractivity contribution in [2.75, 3.05) is 55.6 Å². The molecule has 1 aromatic heterocycles. The summed E-state index contributed by atoms with van der Waals surface area (Å²) in [5.41, 5.74) is 2.39. The molecule has 2 aromatic carbocycles. The number of hydrogen-bond acceptors (Lipinski definition) is 11. The van der Waals surface area contributed by atoms with Crippen molar-refractivity contribution < 1.29 is 33.1 Å². The Hall–Kier alpha value is -5.59. The first-order valence-corrected chi connectivity index (χ1v) is 20.9. The Morgan fingerprint density at radius 2 is 1.56 bits per heavy atom. The zero-order valence-electron chi connectivity index (χ0n) is 32.5. The van der Waals surface area contributed by atoms with Gasteiger partial charge in [0.25, 0.3) is 17.7 Å². The molecule has 1 aliphatic carbocycles. The third kappa shape index (κ3) is 7.48. The van der Waals surface area contributed by atoms with Crippen LogP contribution in [0.4, 0.5) is 15.9 Å². The molecule has 4 fully saturated rings. The van der Waals surface area contributed by atoms with Crippen molar-refractivity contribution in [2.24, 2.45) is 5.92 Å². The van der Waals surface area contributed by atoms with E-state index in [0.717, 1.165) is 93.6 Å². The van der Waals surface area contributed by atoms with Gasteiger partial charge in [0, 0.05) is 77.1 Å². The summed E-state index contributed by atoms with van der Waals surface area (Å²) < 4.78 is 21.6. The average molecular weight is 823 g/mol. The van der Waals surface area contributed by atoms with Crippen molar-refractivity contribution >= 4 is 52.6 Å². The van der Waals surface area contributed by atoms with E-state index in [1.165, 1.54) is 6.07 Å². The highest BCUT2D eigenvalue weighted by Gasteiger charge is 2.45. The van der Waals surface area contributed by atoms with Gasteiger partial charge in [0.1, 0.15) is 29.5 Å². The molecule has 0 spiro atoms. The number of amides is 5. The number of anilines is 2. The number of fused-ring (bicyclic) bond motifs is 2. The van der Waals surface area contributed by atoms with Gasteiger partial charge in [-0.1, -0.05) is 11.6 Å². The number of carbonyl (C=O) groups excluding carboxylic acids is 5. The van der Waals surface area contributed by atoms with E-state index < -0.39 is 35.5 Å². The van der Waals surface area contributed by atoms with Gasteiger partial charge in [0.2, 0.25) is 11.8 Å². The molecule has 5 amide bonds. The number of carbonyl (C=O) groups is 5. The lowest BCUT2D eigenvalue weighted by molar-refractivity contribution is -0.136. The van der Waals surface area contributed by atoms with E-state index in [1.54, 1.807) is 24.4 Å². The van der Waals surface area contributed by atoms with E-state index >= 15 is 4.39 Å². The SMILES string of the molecule is N#Cc1ccc(OC2CCC(N3Cc4cc(N5CCC(CN6CCN(c7cc8c(cc7F)C(=O)N(C7CCC(=O)NC7=O)C8=O)CC6)CC5)ncc4C3=O)CC2)cc1Cl. The monoisotopic (exact) mass is 822 g/mol. The molecule has 0 bridgehead atoms. The maximum Gasteiger partial charge on any atom is 0.262 e. The first kappa shape index (κ1) is 38.9. The topological polar surface area (TPSA) is 159 Å². The number of imide groups is 2. The number of benzene rings is 2. The van der Waals surface area contributed by atoms with Crippen LogP contribution in [0.1, 0.15) is 93.6 Å². The highest BCUT2D eigenvalue weighted by atomic mass is 35.5. The summed E-state index contributed by atoms with van der Waals surface area (Å²) in [5, 5.41) is 11.7. The standard InChI is InChI=1S/C43H44ClFN8O6/c44-34-18-30(4-1-26(34)21-46)59-29-5-2-28(3-6-29)52-24-27-17-38(47-22-33(27)41(52)56)51-11-9-25(10-12-51)23-49-13-15-50(16-14-49)37-20-32-31(19-35(37)45)42(57)53(43(32)58)36-7-8-39(54)48-40(36)55/h1,4,17-20,22,25,28-29,36H,2-3,5-16,23-24H2,(H,48,54,55). The molecular weight excluding hydrogens is 779 g/mol. The number of piperidine rings is 2. The lowest BCUT2D eigenvalue weighted by Crippen LogP contribution is -2.54. The summed E-state index contributed by atoms with van der Waals surface area (Å²) >= 11 is 6.19. The van der Waals surface area contributed by atoms with Gasteiger partial charge in [-0.25, -0.2) is 9.37 Å². The summed E-state index contributed by atoms with van der Waals surface area (Å²) in [6.45, 7) is 5.82. The van der Waals surface area contributed by atoms with Crippen LogP contribution < -0.4 is 19.9 Å². The van der Waals surface area contributed by atoms with Crippen LogP contribution in [-0.4, -0.2) is 113 Å². The van der Waals surface area contributed by atoms with Crippen LogP contribution in [0.15, 0.2) is 42.6 Å². The molecule has 3 saturated heterocycles. The molecule has 6 heterocycles. The van der Waals surface area contributed by atoms with E-state index in [9.17, 15) is 24.0 Å². The van der Waals surface area contributed by atoms with Crippen LogP contribution in [0.25, 0.3) is 0 Å². The molecule has 59 heavy (non-hydrogen) atoms. The second-order valence-electron chi connectivity index (χ2n) is 16.4. The molecule has 1 unspecified atom stereocenters. The third-order valence-electron chi connectivity index (χ3n) is 12.9. The predicted octanol–water partition coefficient (Wildman–Crippen LogP) is 4.53. The van der Waals surface area contributed by atoms with Crippen LogP contribution in [-0.2, 0) is 16.1 Å². The second-order valence-corrected chi connectivity index (χ2v) is 16.9. The van der Waals surface area contributed by atoms with Crippen molar-refractivity contribution in [3.63, 3.8) is 0 Å². The zero-order chi connectivity index (χ0) is 40.9. The number of nitrogens with one attached hydrogen (secondary N) is 1. The molecule has 9 rings (SSSR count). The summed E-state index contributed by atoms with van der Waals surface area (Å²) in [4.78, 5) is 78.2. The number of hydrogen-bond donors (Lipinski definition) is 1. The Kier molecular flexibility index (Phi) is 10.5. The van der Waals surface area contributed by atoms with Crippen LogP contribution >= 0.6 is 11.6 Å². The largest absolute Gasteiger partial charge is 0.490 e. The lowest BCUT2D eigenvalue weighted by atomic mass is 9.92. The Bertz CT molecular complexity index is 2280. The van der Waals surface area contributed by atoms with E-state index in [2.05, 4.69) is 27.3 Å². The van der Waals surface area contributed by atoms with Gasteiger partial charge in [-0.05, 0) is 86.8 Å². The highest BCUT2D eigenvalue weighted by molar-refractivity contribution is 6.31. The van der Waals surface area contributed by atoms with Crippen LogP contribution in [0, 0.1) is 23.1 Å². The molecule has 1 N–H and O–H groups in total. The van der Waals surface area contributed by atoms with E-state index in [0.29, 0.717) is 47.5 Å². The molecule has 306 valence electrons. The van der Waals surface area contributed by atoms with E-state index in [1.807, 2.05) is 9.80 Å². The Balaban J connectivity index is 0.739. The average Bonchev–Trinajstić information content (AvgIpc) is 3.69. The van der Waals surface area contributed by atoms with Crippen molar-refractivity contribution in [2.45, 2.75) is 76.1 Å². The summed E-state index contributed by atoms with van der Waals surface area (Å²) in [6.07, 6.45) is 7.17. The number of aromatic nitrogens is 1. The number of rotatable bonds is 8. The van der Waals surface area contributed by atoms with Gasteiger partial charge in [0.15, 0.2) is 0 Å². The van der Waals surface area contributed by atoms with E-state index in [4.69, 9.17) is 26.6 Å². The number of pyridine rings is 1. The molecule has 3 aromatic rings. The summed E-state index contributed by atoms with van der Waals surface area (Å²) in [7, 11) is 0. The van der Waals surface area contributed by atoms with Gasteiger partial charge in [-0.3, -0.25) is 39.1 Å². The number of piperazine rings is 1. The fraction of sp³-hybridized carbons (Fsp3) is 0.465. The first-order valence-electron chi connectivity index (χ1n) is 20.5. The maximum atomic E-state index is 15.5. The predicted molar refractivity (Wildman–Crippen MR) is 214 cm³/mol. The van der Waals surface area contributed by atoms with E-state index in [-0.39, 0.29) is 47.7 Å². The zero-order valence-corrected chi connectivity index (χ0v) is 33.3. The second kappa shape index (κ2) is 15.9. The van der Waals surface area contributed by atoms with Gasteiger partial charge in [-0.2, -0.15) is 5.26 Å². The van der Waals surface area contributed by atoms with Crippen molar-refractivity contribution in [1.82, 2.24) is 25.0 Å². The molecule has 1 saturated carbocycles. The molecule has 14 nitrogen and oxygen atoms in total. The molecular formula is C43H44ClFN8O6. The fourth-order valence-electron chi connectivity index (χ4n) is 9.62. The number of ether oxygens (including phenoxy) is 1. The quantitative estimate of drug-likeness (QED) is 0.318. The van der Waals surface area contributed by atoms with Crippen LogP contribution in [0.5, 0.6) is 5.75 Å². The molecule has 1 atom stereocenters. The Morgan fingerprint density at radius 3 is 2.25 bits per heavy atom. The minimum atomic E-state index is -1.10. The highest BCUT2D eigenvalue weighted by Crippen LogP contribution is 2.36. The third-order valence-corrected chi connectivity index (χ3v) is 13.2. The lowest BCUT2D eigenvalue weighted by Gasteiger charge is -2.40. The molecule has 6 aliphatic rings. The van der Waals surface area contributed by atoms with Crippen molar-refractivity contribution in [3.8, 4) is 11.8 Å². The Labute approximate surface area is 345 Å². The smallest absolute Gasteiger partial charge is 0.262 e. The molecule has 0 radical (unpaired) electrons. The maximum absolute atomic E-state index is 15.5. The summed E-state index contributed by atoms with van der Waals surface area (Å²) in [5.74, 6) is -1.02. The van der Waals surface area contributed by atoms with Crippen molar-refractivity contribution in [1.29, 1.82) is 5.26 Å². The number of halogens is 2. The molecule has 5 aliphatic heterocycles.